The van der Waals surface area contributed by atoms with Gasteiger partial charge < -0.3 is 4.42 Å². The standard InChI is InChI=1S/C60H37N3O/c1-3-16-46(17-4-1)60(47-18-5-2-6-19-47)53-24-11-9-20-48(53)49-33-32-44(37-54(49)60)58-61-57(62-59(63-58)52-23-13-22-51-50-21-10-12-25-55(50)64-56(51)52)43-31-28-39-27-30-42(35-45(39)36-43)41-29-26-38-14-7-8-15-40(38)34-41/h1-37H. The van der Waals surface area contributed by atoms with Crippen LogP contribution in [0.5, 0.6) is 0 Å². The summed E-state index contributed by atoms with van der Waals surface area (Å²) in [7, 11) is 0. The molecule has 1 aliphatic rings. The average Bonchev–Trinajstić information content (AvgIpc) is 3.90. The van der Waals surface area contributed by atoms with E-state index < -0.39 is 5.41 Å². The van der Waals surface area contributed by atoms with E-state index in [1.807, 2.05) is 18.2 Å². The fraction of sp³-hybridized carbons (Fsp3) is 0.0167. The van der Waals surface area contributed by atoms with Crippen molar-refractivity contribution in [1.29, 1.82) is 0 Å². The molecule has 0 aliphatic heterocycles. The number of hydrogen-bond acceptors (Lipinski definition) is 4. The highest BCUT2D eigenvalue weighted by Crippen LogP contribution is 2.56. The van der Waals surface area contributed by atoms with Crippen molar-refractivity contribution in [2.45, 2.75) is 5.41 Å². The summed E-state index contributed by atoms with van der Waals surface area (Å²) in [6, 6.07) is 80.1. The van der Waals surface area contributed by atoms with E-state index in [9.17, 15) is 0 Å². The van der Waals surface area contributed by atoms with E-state index in [1.54, 1.807) is 0 Å². The maximum atomic E-state index is 6.59. The minimum atomic E-state index is -0.565. The summed E-state index contributed by atoms with van der Waals surface area (Å²) < 4.78 is 6.59. The summed E-state index contributed by atoms with van der Waals surface area (Å²) in [6.07, 6.45) is 0. The fourth-order valence-corrected chi connectivity index (χ4v) is 10.2. The molecule has 0 spiro atoms. The summed E-state index contributed by atoms with van der Waals surface area (Å²) in [5, 5.41) is 6.78. The Bertz CT molecular complexity index is 3760. The van der Waals surface area contributed by atoms with Crippen LogP contribution in [0.25, 0.3) is 99.9 Å². The van der Waals surface area contributed by atoms with Crippen molar-refractivity contribution in [3.8, 4) is 56.4 Å². The van der Waals surface area contributed by atoms with Crippen LogP contribution in [0.2, 0.25) is 0 Å². The molecule has 0 amide bonds. The molecule has 0 unspecified atom stereocenters. The van der Waals surface area contributed by atoms with Gasteiger partial charge >= 0.3 is 0 Å². The van der Waals surface area contributed by atoms with Gasteiger partial charge in [-0.2, -0.15) is 0 Å². The average molecular weight is 816 g/mol. The summed E-state index contributed by atoms with van der Waals surface area (Å²) in [6.45, 7) is 0. The first-order valence-electron chi connectivity index (χ1n) is 21.7. The van der Waals surface area contributed by atoms with Crippen LogP contribution in [0.1, 0.15) is 22.3 Å². The molecule has 1 aliphatic carbocycles. The molecule has 0 radical (unpaired) electrons. The number of benzene rings is 10. The molecular formula is C60H37N3O. The van der Waals surface area contributed by atoms with Gasteiger partial charge in [0.2, 0.25) is 0 Å². The number of aromatic nitrogens is 3. The molecule has 0 atom stereocenters. The smallest absolute Gasteiger partial charge is 0.167 e. The van der Waals surface area contributed by atoms with E-state index in [0.29, 0.717) is 17.5 Å². The number of hydrogen-bond donors (Lipinski definition) is 0. The molecule has 0 saturated carbocycles. The number of rotatable bonds is 6. The minimum Gasteiger partial charge on any atom is -0.455 e. The van der Waals surface area contributed by atoms with Gasteiger partial charge in [0.05, 0.1) is 11.0 Å². The Kier molecular flexibility index (Phi) is 8.09. The lowest BCUT2D eigenvalue weighted by molar-refractivity contribution is 0.669. The number of para-hydroxylation sites is 2. The van der Waals surface area contributed by atoms with Crippen LogP contribution >= 0.6 is 0 Å². The lowest BCUT2D eigenvalue weighted by Crippen LogP contribution is -2.28. The van der Waals surface area contributed by atoms with E-state index in [0.717, 1.165) is 55.0 Å². The highest BCUT2D eigenvalue weighted by molar-refractivity contribution is 6.09. The predicted octanol–water partition coefficient (Wildman–Crippen LogP) is 15.1. The second-order valence-corrected chi connectivity index (χ2v) is 16.7. The van der Waals surface area contributed by atoms with Gasteiger partial charge in [0.25, 0.3) is 0 Å². The van der Waals surface area contributed by atoms with Crippen LogP contribution < -0.4 is 0 Å². The molecule has 2 heterocycles. The van der Waals surface area contributed by atoms with Gasteiger partial charge in [-0.15, -0.1) is 0 Å². The Morgan fingerprint density at radius 1 is 0.312 bits per heavy atom. The first kappa shape index (κ1) is 36.2. The van der Waals surface area contributed by atoms with Crippen molar-refractivity contribution >= 4 is 43.5 Å². The largest absolute Gasteiger partial charge is 0.455 e. The molecule has 0 fully saturated rings. The zero-order valence-electron chi connectivity index (χ0n) is 34.6. The molecule has 0 saturated heterocycles. The van der Waals surface area contributed by atoms with Crippen LogP contribution in [0.4, 0.5) is 0 Å². The minimum absolute atomic E-state index is 0.552. The van der Waals surface area contributed by atoms with Gasteiger partial charge in [-0.05, 0) is 102 Å². The predicted molar refractivity (Wildman–Crippen MR) is 261 cm³/mol. The van der Waals surface area contributed by atoms with Gasteiger partial charge in [0.1, 0.15) is 11.2 Å². The SMILES string of the molecule is c1ccc(C2(c3ccccc3)c3ccccc3-c3ccc(-c4nc(-c5ccc6ccc(-c7ccc8ccccc8c7)cc6c5)nc(-c5cccc6c5oc5ccccc56)n4)cc32)cc1. The number of nitrogens with zero attached hydrogens (tertiary/aromatic N) is 3. The van der Waals surface area contributed by atoms with Gasteiger partial charge in [0.15, 0.2) is 17.5 Å². The third-order valence-corrected chi connectivity index (χ3v) is 13.2. The van der Waals surface area contributed by atoms with E-state index >= 15 is 0 Å². The van der Waals surface area contributed by atoms with Gasteiger partial charge in [-0.25, -0.2) is 15.0 Å². The zero-order chi connectivity index (χ0) is 42.2. The van der Waals surface area contributed by atoms with Crippen LogP contribution in [-0.4, -0.2) is 15.0 Å². The molecule has 4 nitrogen and oxygen atoms in total. The molecule has 13 rings (SSSR count). The van der Waals surface area contributed by atoms with Crippen molar-refractivity contribution in [3.05, 3.63) is 247 Å². The Balaban J connectivity index is 1.03. The first-order chi connectivity index (χ1) is 31.7. The van der Waals surface area contributed by atoms with Gasteiger partial charge in [-0.3, -0.25) is 0 Å². The van der Waals surface area contributed by atoms with Crippen molar-refractivity contribution in [2.75, 3.05) is 0 Å². The monoisotopic (exact) mass is 815 g/mol. The van der Waals surface area contributed by atoms with Crippen LogP contribution in [-0.2, 0) is 5.41 Å². The molecule has 4 heteroatoms. The van der Waals surface area contributed by atoms with Crippen molar-refractivity contribution in [3.63, 3.8) is 0 Å². The van der Waals surface area contributed by atoms with Crippen molar-refractivity contribution in [1.82, 2.24) is 15.0 Å². The second kappa shape index (κ2) is 14.3. The van der Waals surface area contributed by atoms with E-state index in [1.165, 1.54) is 49.7 Å². The molecular weight excluding hydrogens is 779 g/mol. The second-order valence-electron chi connectivity index (χ2n) is 16.7. The van der Waals surface area contributed by atoms with Crippen LogP contribution in [0, 0.1) is 0 Å². The quantitative estimate of drug-likeness (QED) is 0.168. The third kappa shape index (κ3) is 5.59. The Morgan fingerprint density at radius 2 is 0.828 bits per heavy atom. The number of fused-ring (bicyclic) bond motifs is 8. The summed E-state index contributed by atoms with van der Waals surface area (Å²) >= 11 is 0. The topological polar surface area (TPSA) is 51.8 Å². The summed E-state index contributed by atoms with van der Waals surface area (Å²) in [5.74, 6) is 1.73. The zero-order valence-corrected chi connectivity index (χ0v) is 34.6. The van der Waals surface area contributed by atoms with E-state index in [-0.39, 0.29) is 0 Å². The fourth-order valence-electron chi connectivity index (χ4n) is 10.2. The molecule has 10 aromatic carbocycles. The molecule has 298 valence electrons. The molecule has 0 bridgehead atoms. The number of furan rings is 1. The molecule has 12 aromatic rings. The lowest BCUT2D eigenvalue weighted by Gasteiger charge is -2.34. The van der Waals surface area contributed by atoms with Crippen LogP contribution in [0.15, 0.2) is 229 Å². The van der Waals surface area contributed by atoms with E-state index in [4.69, 9.17) is 19.4 Å². The third-order valence-electron chi connectivity index (χ3n) is 13.2. The highest BCUT2D eigenvalue weighted by Gasteiger charge is 2.46. The van der Waals surface area contributed by atoms with Gasteiger partial charge in [-0.1, -0.05) is 188 Å². The molecule has 2 aromatic heterocycles. The maximum absolute atomic E-state index is 6.59. The Morgan fingerprint density at radius 3 is 1.59 bits per heavy atom. The van der Waals surface area contributed by atoms with Crippen molar-refractivity contribution in [2.24, 2.45) is 0 Å². The highest BCUT2D eigenvalue weighted by atomic mass is 16.3. The normalized spacial score (nSPS) is 12.8. The van der Waals surface area contributed by atoms with Crippen LogP contribution in [0.3, 0.4) is 0 Å². The molecule has 64 heavy (non-hydrogen) atoms. The maximum Gasteiger partial charge on any atom is 0.167 e. The van der Waals surface area contributed by atoms with Crippen molar-refractivity contribution < 1.29 is 4.42 Å². The summed E-state index contributed by atoms with van der Waals surface area (Å²) in [5.41, 5.74) is 13.3. The Hall–Kier alpha value is -8.47. The first-order valence-corrected chi connectivity index (χ1v) is 21.7. The Labute approximate surface area is 369 Å². The lowest BCUT2D eigenvalue weighted by atomic mass is 9.67. The summed E-state index contributed by atoms with van der Waals surface area (Å²) in [4.78, 5) is 16.0. The van der Waals surface area contributed by atoms with Gasteiger partial charge in [0, 0.05) is 21.9 Å². The van der Waals surface area contributed by atoms with E-state index in [2.05, 4.69) is 206 Å². The molecule has 0 N–H and O–H groups in total.